The van der Waals surface area contributed by atoms with Crippen molar-refractivity contribution >= 4 is 11.6 Å². The Morgan fingerprint density at radius 1 is 1.42 bits per heavy atom. The minimum atomic E-state index is -0.276. The van der Waals surface area contributed by atoms with E-state index >= 15 is 0 Å². The van der Waals surface area contributed by atoms with Crippen molar-refractivity contribution in [3.05, 3.63) is 22.5 Å². The molecule has 1 aliphatic heterocycles. The van der Waals surface area contributed by atoms with Gasteiger partial charge in [0.15, 0.2) is 11.6 Å². The molecule has 0 amide bonds. The van der Waals surface area contributed by atoms with Crippen molar-refractivity contribution < 1.29 is 19.4 Å². The Labute approximate surface area is 143 Å². The first-order valence-electron chi connectivity index (χ1n) is 8.57. The zero-order valence-corrected chi connectivity index (χ0v) is 15.0. The molecule has 0 unspecified atom stereocenters. The van der Waals surface area contributed by atoms with Gasteiger partial charge in [0.25, 0.3) is 0 Å². The maximum Gasteiger partial charge on any atom is 0.196 e. The average Bonchev–Trinajstić information content (AvgIpc) is 2.86. The van der Waals surface area contributed by atoms with E-state index in [4.69, 9.17) is 9.84 Å². The number of aromatic amines is 1. The predicted molar refractivity (Wildman–Crippen MR) is 91.7 cm³/mol. The van der Waals surface area contributed by atoms with Gasteiger partial charge in [0.1, 0.15) is 0 Å². The normalized spacial score (nSPS) is 20.1. The third-order valence-electron chi connectivity index (χ3n) is 4.82. The Hall–Kier alpha value is -1.50. The number of aliphatic hydroxyl groups excluding tert-OH is 1. The van der Waals surface area contributed by atoms with Gasteiger partial charge in [0.05, 0.1) is 31.1 Å². The molecule has 1 aromatic heterocycles. The van der Waals surface area contributed by atoms with Crippen LogP contribution >= 0.6 is 0 Å². The second-order valence-electron chi connectivity index (χ2n) is 6.57. The van der Waals surface area contributed by atoms with Crippen molar-refractivity contribution in [2.24, 2.45) is 0 Å². The van der Waals surface area contributed by atoms with Gasteiger partial charge in [-0.1, -0.05) is 0 Å². The molecule has 6 nitrogen and oxygen atoms in total. The fourth-order valence-corrected chi connectivity index (χ4v) is 3.57. The molecule has 1 saturated heterocycles. The number of aromatic nitrogens is 1. The Morgan fingerprint density at radius 3 is 2.71 bits per heavy atom. The van der Waals surface area contributed by atoms with Crippen molar-refractivity contribution in [3.8, 4) is 0 Å². The van der Waals surface area contributed by atoms with Crippen molar-refractivity contribution in [2.45, 2.75) is 52.7 Å². The number of hydrogen-bond acceptors (Lipinski definition) is 5. The van der Waals surface area contributed by atoms with Gasteiger partial charge in [-0.15, -0.1) is 0 Å². The third kappa shape index (κ3) is 3.94. The molecule has 0 saturated carbocycles. The number of ketones is 2. The summed E-state index contributed by atoms with van der Waals surface area (Å²) in [6.07, 6.45) is 1.97. The minimum Gasteiger partial charge on any atom is -0.394 e. The Morgan fingerprint density at radius 2 is 2.12 bits per heavy atom. The first kappa shape index (κ1) is 18.8. The standard InChI is InChI=1S/C18H28N2O4/c1-11-16(14(4)22)12(2)19-17(11)18(23)13(3)20-7-5-6-15(10-20)24-9-8-21/h13,15,19,21H,5-10H2,1-4H3/t13-,15-/m1/s1. The van der Waals surface area contributed by atoms with Crippen molar-refractivity contribution in [3.63, 3.8) is 0 Å². The number of rotatable bonds is 7. The van der Waals surface area contributed by atoms with Gasteiger partial charge in [-0.3, -0.25) is 14.5 Å². The van der Waals surface area contributed by atoms with Crippen LogP contribution < -0.4 is 0 Å². The molecule has 2 atom stereocenters. The van der Waals surface area contributed by atoms with E-state index in [0.717, 1.165) is 30.6 Å². The summed E-state index contributed by atoms with van der Waals surface area (Å²) in [5.41, 5.74) is 2.64. The van der Waals surface area contributed by atoms with E-state index in [1.165, 1.54) is 6.92 Å². The molecule has 0 bridgehead atoms. The van der Waals surface area contributed by atoms with E-state index in [-0.39, 0.29) is 30.3 Å². The zero-order chi connectivity index (χ0) is 17.9. The molecule has 0 aromatic carbocycles. The molecule has 0 radical (unpaired) electrons. The molecule has 0 aliphatic carbocycles. The van der Waals surface area contributed by atoms with Crippen molar-refractivity contribution in [1.29, 1.82) is 0 Å². The van der Waals surface area contributed by atoms with Crippen LogP contribution in [0.4, 0.5) is 0 Å². The molecule has 2 N–H and O–H groups in total. The maximum absolute atomic E-state index is 12.9. The summed E-state index contributed by atoms with van der Waals surface area (Å²) < 4.78 is 5.62. The van der Waals surface area contributed by atoms with Gasteiger partial charge in [-0.25, -0.2) is 0 Å². The average molecular weight is 336 g/mol. The van der Waals surface area contributed by atoms with Gasteiger partial charge >= 0.3 is 0 Å². The van der Waals surface area contributed by atoms with E-state index in [1.807, 2.05) is 20.8 Å². The smallest absolute Gasteiger partial charge is 0.196 e. The van der Waals surface area contributed by atoms with E-state index in [2.05, 4.69) is 9.88 Å². The van der Waals surface area contributed by atoms with Gasteiger partial charge in [0.2, 0.25) is 0 Å². The third-order valence-corrected chi connectivity index (χ3v) is 4.82. The van der Waals surface area contributed by atoms with E-state index in [9.17, 15) is 9.59 Å². The molecular formula is C18H28N2O4. The maximum atomic E-state index is 12.9. The van der Waals surface area contributed by atoms with Crippen LogP contribution in [0.1, 0.15) is 58.8 Å². The largest absolute Gasteiger partial charge is 0.394 e. The number of carbonyl (C=O) groups is 2. The lowest BCUT2D eigenvalue weighted by Crippen LogP contribution is -2.47. The number of piperidine rings is 1. The highest BCUT2D eigenvalue weighted by atomic mass is 16.5. The first-order chi connectivity index (χ1) is 11.4. The molecular weight excluding hydrogens is 308 g/mol. The SMILES string of the molecule is CC(=O)c1c(C)[nH]c(C(=O)[C@@H](C)N2CCC[C@@H](OCCO)C2)c1C. The summed E-state index contributed by atoms with van der Waals surface area (Å²) in [5.74, 6) is -0.0192. The van der Waals surface area contributed by atoms with Gasteiger partial charge in [-0.05, 0) is 52.6 Å². The van der Waals surface area contributed by atoms with Gasteiger partial charge in [0, 0.05) is 17.8 Å². The summed E-state index contributed by atoms with van der Waals surface area (Å²) in [5, 5.41) is 8.89. The van der Waals surface area contributed by atoms with Crippen LogP contribution in [0, 0.1) is 13.8 Å². The van der Waals surface area contributed by atoms with Crippen LogP contribution in [0.3, 0.4) is 0 Å². The number of nitrogens with zero attached hydrogens (tertiary/aromatic N) is 1. The van der Waals surface area contributed by atoms with Crippen LogP contribution in [0.15, 0.2) is 0 Å². The Kier molecular flexibility index (Phi) is 6.32. The molecule has 24 heavy (non-hydrogen) atoms. The fourth-order valence-electron chi connectivity index (χ4n) is 3.57. The van der Waals surface area contributed by atoms with Crippen LogP contribution in [-0.4, -0.2) is 65.0 Å². The molecule has 6 heteroatoms. The Balaban J connectivity index is 2.12. The number of carbonyl (C=O) groups excluding carboxylic acids is 2. The van der Waals surface area contributed by atoms with Crippen LogP contribution in [0.5, 0.6) is 0 Å². The Bertz CT molecular complexity index is 608. The lowest BCUT2D eigenvalue weighted by molar-refractivity contribution is -0.0207. The van der Waals surface area contributed by atoms with Crippen LogP contribution in [0.25, 0.3) is 0 Å². The topological polar surface area (TPSA) is 82.6 Å². The summed E-state index contributed by atoms with van der Waals surface area (Å²) in [4.78, 5) is 29.9. The fraction of sp³-hybridized carbons (Fsp3) is 0.667. The second kappa shape index (κ2) is 8.05. The quantitative estimate of drug-likeness (QED) is 0.743. The number of likely N-dealkylation sites (tertiary alicyclic amines) is 1. The molecule has 1 aliphatic rings. The van der Waals surface area contributed by atoms with Gasteiger partial charge < -0.3 is 14.8 Å². The van der Waals surface area contributed by atoms with E-state index < -0.39 is 0 Å². The van der Waals surface area contributed by atoms with Crippen LogP contribution in [0.2, 0.25) is 0 Å². The highest BCUT2D eigenvalue weighted by Crippen LogP contribution is 2.23. The summed E-state index contributed by atoms with van der Waals surface area (Å²) in [7, 11) is 0. The first-order valence-corrected chi connectivity index (χ1v) is 8.57. The van der Waals surface area contributed by atoms with Crippen molar-refractivity contribution in [2.75, 3.05) is 26.3 Å². The minimum absolute atomic E-state index is 0.00547. The highest BCUT2D eigenvalue weighted by Gasteiger charge is 2.30. The lowest BCUT2D eigenvalue weighted by Gasteiger charge is -2.35. The highest BCUT2D eigenvalue weighted by molar-refractivity contribution is 6.05. The molecule has 134 valence electrons. The number of nitrogens with one attached hydrogen (secondary N) is 1. The summed E-state index contributed by atoms with van der Waals surface area (Å²) in [6.45, 7) is 8.95. The molecule has 2 heterocycles. The number of hydrogen-bond donors (Lipinski definition) is 2. The molecule has 1 aromatic rings. The van der Waals surface area contributed by atoms with Gasteiger partial charge in [-0.2, -0.15) is 0 Å². The second-order valence-corrected chi connectivity index (χ2v) is 6.57. The molecule has 1 fully saturated rings. The molecule has 2 rings (SSSR count). The summed E-state index contributed by atoms with van der Waals surface area (Å²) in [6, 6.07) is -0.276. The number of Topliss-reactive ketones (excluding diaryl/α,β-unsaturated/α-hetero) is 2. The monoisotopic (exact) mass is 336 g/mol. The lowest BCUT2D eigenvalue weighted by atomic mass is 10.00. The predicted octanol–water partition coefficient (Wildman–Crippen LogP) is 1.88. The van der Waals surface area contributed by atoms with E-state index in [1.54, 1.807) is 0 Å². The zero-order valence-electron chi connectivity index (χ0n) is 15.0. The summed E-state index contributed by atoms with van der Waals surface area (Å²) >= 11 is 0. The van der Waals surface area contributed by atoms with Crippen LogP contribution in [-0.2, 0) is 4.74 Å². The number of aliphatic hydroxyl groups is 1. The number of aryl methyl sites for hydroxylation is 1. The number of H-pyrrole nitrogens is 1. The molecule has 0 spiro atoms. The van der Waals surface area contributed by atoms with E-state index in [0.29, 0.717) is 24.4 Å². The van der Waals surface area contributed by atoms with Crippen molar-refractivity contribution in [1.82, 2.24) is 9.88 Å². The number of ether oxygens (including phenoxy) is 1.